The van der Waals surface area contributed by atoms with Crippen LogP contribution in [-0.2, 0) is 16.0 Å². The summed E-state index contributed by atoms with van der Waals surface area (Å²) in [6.45, 7) is 5.87. The lowest BCUT2D eigenvalue weighted by Gasteiger charge is -2.19. The van der Waals surface area contributed by atoms with Gasteiger partial charge in [-0.1, -0.05) is 12.1 Å². The summed E-state index contributed by atoms with van der Waals surface area (Å²) in [7, 11) is 5.28. The molecule has 0 amide bonds. The minimum Gasteiger partial charge on any atom is -0.493 e. The number of aliphatic imine (C=N–C) groups is 1. The first-order valence-electron chi connectivity index (χ1n) is 9.77. The summed E-state index contributed by atoms with van der Waals surface area (Å²) >= 11 is 0. The number of methoxy groups -OCH3 is 2. The summed E-state index contributed by atoms with van der Waals surface area (Å²) in [5, 5.41) is 6.87. The van der Waals surface area contributed by atoms with Crippen LogP contribution in [0.25, 0.3) is 0 Å². The first-order chi connectivity index (χ1) is 13.1. The van der Waals surface area contributed by atoms with Crippen molar-refractivity contribution in [3.05, 3.63) is 29.3 Å². The van der Waals surface area contributed by atoms with E-state index in [0.717, 1.165) is 43.3 Å². The quantitative estimate of drug-likeness (QED) is 0.333. The first kappa shape index (κ1) is 21.5. The molecule has 0 aromatic heterocycles. The number of benzene rings is 1. The maximum Gasteiger partial charge on any atom is 0.191 e. The van der Waals surface area contributed by atoms with Gasteiger partial charge in [0.25, 0.3) is 0 Å². The predicted molar refractivity (Wildman–Crippen MR) is 110 cm³/mol. The number of ether oxygens (including phenoxy) is 3. The van der Waals surface area contributed by atoms with Crippen molar-refractivity contribution in [2.45, 2.75) is 39.2 Å². The van der Waals surface area contributed by atoms with Crippen molar-refractivity contribution in [2.75, 3.05) is 47.6 Å². The van der Waals surface area contributed by atoms with E-state index in [1.165, 1.54) is 18.4 Å². The van der Waals surface area contributed by atoms with Crippen molar-refractivity contribution in [1.82, 2.24) is 10.6 Å². The highest BCUT2D eigenvalue weighted by atomic mass is 16.5. The molecule has 0 aliphatic heterocycles. The summed E-state index contributed by atoms with van der Waals surface area (Å²) < 4.78 is 16.3. The van der Waals surface area contributed by atoms with Crippen LogP contribution in [-0.4, -0.2) is 53.6 Å². The fourth-order valence-electron chi connectivity index (χ4n) is 3.01. The third-order valence-electron chi connectivity index (χ3n) is 5.07. The minimum atomic E-state index is 0.382. The van der Waals surface area contributed by atoms with Gasteiger partial charge in [-0.3, -0.25) is 4.99 Å². The van der Waals surface area contributed by atoms with Crippen LogP contribution in [0, 0.1) is 12.3 Å². The fraction of sp³-hybridized carbons (Fsp3) is 0.667. The molecule has 1 aromatic rings. The van der Waals surface area contributed by atoms with E-state index in [4.69, 9.17) is 14.2 Å². The van der Waals surface area contributed by atoms with Crippen molar-refractivity contribution in [3.63, 3.8) is 0 Å². The summed E-state index contributed by atoms with van der Waals surface area (Å²) in [4.78, 5) is 4.35. The van der Waals surface area contributed by atoms with E-state index in [9.17, 15) is 0 Å². The van der Waals surface area contributed by atoms with Gasteiger partial charge in [-0.25, -0.2) is 0 Å². The average molecular weight is 378 g/mol. The van der Waals surface area contributed by atoms with Gasteiger partial charge in [-0.2, -0.15) is 0 Å². The van der Waals surface area contributed by atoms with Gasteiger partial charge in [0.05, 0.1) is 6.61 Å². The van der Waals surface area contributed by atoms with Crippen molar-refractivity contribution in [1.29, 1.82) is 0 Å². The van der Waals surface area contributed by atoms with Crippen LogP contribution in [0.3, 0.4) is 0 Å². The van der Waals surface area contributed by atoms with E-state index < -0.39 is 0 Å². The Hall–Kier alpha value is -1.79. The molecule has 2 rings (SSSR count). The highest BCUT2D eigenvalue weighted by Gasteiger charge is 2.41. The second-order valence-electron chi connectivity index (χ2n) is 7.33. The maximum absolute atomic E-state index is 5.96. The van der Waals surface area contributed by atoms with Crippen LogP contribution < -0.4 is 15.4 Å². The van der Waals surface area contributed by atoms with E-state index in [1.54, 1.807) is 21.3 Å². The number of nitrogens with one attached hydrogen (secondary N) is 2. The number of nitrogens with zero attached hydrogens (tertiary/aromatic N) is 1. The number of hydrogen-bond acceptors (Lipinski definition) is 4. The van der Waals surface area contributed by atoms with Gasteiger partial charge in [0.2, 0.25) is 0 Å². The molecule has 0 bridgehead atoms. The predicted octanol–water partition coefficient (Wildman–Crippen LogP) is 2.89. The number of aryl methyl sites for hydroxylation is 1. The third-order valence-corrected chi connectivity index (χ3v) is 5.07. The zero-order valence-electron chi connectivity index (χ0n) is 17.3. The van der Waals surface area contributed by atoms with Gasteiger partial charge in [-0.05, 0) is 43.2 Å². The second kappa shape index (κ2) is 11.1. The third kappa shape index (κ3) is 7.39. The molecule has 0 heterocycles. The Morgan fingerprint density at radius 2 is 1.89 bits per heavy atom. The van der Waals surface area contributed by atoms with Crippen LogP contribution in [0.4, 0.5) is 0 Å². The molecule has 0 atom stereocenters. The van der Waals surface area contributed by atoms with Crippen molar-refractivity contribution >= 4 is 5.96 Å². The molecule has 1 aliphatic rings. The molecule has 1 saturated carbocycles. The van der Waals surface area contributed by atoms with Gasteiger partial charge in [0, 0.05) is 59.6 Å². The standard InChI is InChI=1S/C21H35N3O3/c1-17-6-7-18(19(14-17)27-12-5-11-25-3)15-23-20(22-2)24-16-21(8-9-21)10-13-26-4/h6-7,14H,5,8-13,15-16H2,1-4H3,(H2,22,23,24). The maximum atomic E-state index is 5.96. The average Bonchev–Trinajstić information content (AvgIpc) is 3.45. The smallest absolute Gasteiger partial charge is 0.191 e. The van der Waals surface area contributed by atoms with Crippen molar-refractivity contribution in [3.8, 4) is 5.75 Å². The summed E-state index contributed by atoms with van der Waals surface area (Å²) in [5.74, 6) is 1.75. The summed E-state index contributed by atoms with van der Waals surface area (Å²) in [6.07, 6.45) is 4.50. The topological polar surface area (TPSA) is 64.1 Å². The fourth-order valence-corrected chi connectivity index (χ4v) is 3.01. The molecule has 0 spiro atoms. The van der Waals surface area contributed by atoms with E-state index >= 15 is 0 Å². The van der Waals surface area contributed by atoms with E-state index in [1.807, 2.05) is 0 Å². The molecular weight excluding hydrogens is 342 g/mol. The number of guanidine groups is 1. The normalized spacial score (nSPS) is 15.5. The van der Waals surface area contributed by atoms with Crippen LogP contribution in [0.1, 0.15) is 36.8 Å². The summed E-state index contributed by atoms with van der Waals surface area (Å²) in [6, 6.07) is 6.31. The molecular formula is C21H35N3O3. The molecule has 152 valence electrons. The highest BCUT2D eigenvalue weighted by molar-refractivity contribution is 5.79. The molecule has 6 heteroatoms. The number of rotatable bonds is 12. The van der Waals surface area contributed by atoms with Crippen LogP contribution in [0.15, 0.2) is 23.2 Å². The Kier molecular flexibility index (Phi) is 8.88. The molecule has 1 fully saturated rings. The molecule has 27 heavy (non-hydrogen) atoms. The Balaban J connectivity index is 1.84. The van der Waals surface area contributed by atoms with E-state index in [-0.39, 0.29) is 0 Å². The highest BCUT2D eigenvalue weighted by Crippen LogP contribution is 2.48. The van der Waals surface area contributed by atoms with Crippen molar-refractivity contribution in [2.24, 2.45) is 10.4 Å². The van der Waals surface area contributed by atoms with Crippen molar-refractivity contribution < 1.29 is 14.2 Å². The van der Waals surface area contributed by atoms with Gasteiger partial charge in [-0.15, -0.1) is 0 Å². The Morgan fingerprint density at radius 3 is 2.56 bits per heavy atom. The lowest BCUT2D eigenvalue weighted by Crippen LogP contribution is -2.40. The van der Waals surface area contributed by atoms with Gasteiger partial charge in [0.1, 0.15) is 5.75 Å². The van der Waals surface area contributed by atoms with Crippen LogP contribution in [0.5, 0.6) is 5.75 Å². The van der Waals surface area contributed by atoms with Gasteiger partial charge < -0.3 is 24.8 Å². The first-order valence-corrected chi connectivity index (χ1v) is 9.77. The Labute approximate surface area is 163 Å². The molecule has 6 nitrogen and oxygen atoms in total. The molecule has 2 N–H and O–H groups in total. The van der Waals surface area contributed by atoms with E-state index in [2.05, 4.69) is 40.7 Å². The Morgan fingerprint density at radius 1 is 1.11 bits per heavy atom. The number of hydrogen-bond donors (Lipinski definition) is 2. The van der Waals surface area contributed by atoms with Gasteiger partial charge in [0.15, 0.2) is 5.96 Å². The Bertz CT molecular complexity index is 600. The minimum absolute atomic E-state index is 0.382. The van der Waals surface area contributed by atoms with Gasteiger partial charge >= 0.3 is 0 Å². The monoisotopic (exact) mass is 377 g/mol. The molecule has 0 unspecified atom stereocenters. The SMILES string of the molecule is CN=C(NCc1ccc(C)cc1OCCCOC)NCC1(CCOC)CC1. The molecule has 0 radical (unpaired) electrons. The van der Waals surface area contributed by atoms with Crippen LogP contribution >= 0.6 is 0 Å². The molecule has 0 saturated heterocycles. The zero-order chi connectivity index (χ0) is 19.5. The molecule has 1 aliphatic carbocycles. The molecule has 1 aromatic carbocycles. The largest absolute Gasteiger partial charge is 0.493 e. The van der Waals surface area contributed by atoms with E-state index in [0.29, 0.717) is 25.2 Å². The van der Waals surface area contributed by atoms with Crippen LogP contribution in [0.2, 0.25) is 0 Å². The zero-order valence-corrected chi connectivity index (χ0v) is 17.3. The second-order valence-corrected chi connectivity index (χ2v) is 7.33. The summed E-state index contributed by atoms with van der Waals surface area (Å²) in [5.41, 5.74) is 2.70. The lowest BCUT2D eigenvalue weighted by molar-refractivity contribution is 0.171. The lowest BCUT2D eigenvalue weighted by atomic mass is 10.0.